The lowest BCUT2D eigenvalue weighted by Crippen LogP contribution is -2.35. The van der Waals surface area contributed by atoms with Gasteiger partial charge in [-0.25, -0.2) is 0 Å². The molecule has 0 amide bonds. The fourth-order valence-corrected chi connectivity index (χ4v) is 2.63. The van der Waals surface area contributed by atoms with Crippen molar-refractivity contribution in [2.24, 2.45) is 5.92 Å². The second-order valence-electron chi connectivity index (χ2n) is 3.82. The van der Waals surface area contributed by atoms with E-state index < -0.39 is 0 Å². The predicted molar refractivity (Wildman–Crippen MR) is 65.3 cm³/mol. The molecule has 14 heavy (non-hydrogen) atoms. The molecular formula is C11H18ClNS. The van der Waals surface area contributed by atoms with Crippen molar-refractivity contribution in [1.82, 2.24) is 5.32 Å². The molecule has 0 bridgehead atoms. The maximum absolute atomic E-state index is 5.90. The molecule has 0 aliphatic rings. The average Bonchev–Trinajstić information content (AvgIpc) is 2.50. The minimum absolute atomic E-state index is 0.565. The zero-order chi connectivity index (χ0) is 10.6. The minimum Gasteiger partial charge on any atom is -0.314 e. The van der Waals surface area contributed by atoms with Crippen molar-refractivity contribution in [1.29, 1.82) is 0 Å². The molecule has 1 heterocycles. The molecule has 1 atom stereocenters. The Balaban J connectivity index is 2.55. The molecule has 0 saturated heterocycles. The van der Waals surface area contributed by atoms with Crippen molar-refractivity contribution < 1.29 is 0 Å². The van der Waals surface area contributed by atoms with Crippen LogP contribution in [0.4, 0.5) is 0 Å². The Bertz CT molecular complexity index is 270. The monoisotopic (exact) mass is 231 g/mol. The molecule has 0 radical (unpaired) electrons. The topological polar surface area (TPSA) is 12.0 Å². The average molecular weight is 232 g/mol. The van der Waals surface area contributed by atoms with Crippen molar-refractivity contribution in [3.8, 4) is 0 Å². The Labute approximate surface area is 95.5 Å². The summed E-state index contributed by atoms with van der Waals surface area (Å²) in [4.78, 5) is 1.37. The van der Waals surface area contributed by atoms with Crippen molar-refractivity contribution in [3.63, 3.8) is 0 Å². The number of hydrogen-bond acceptors (Lipinski definition) is 2. The second kappa shape index (κ2) is 5.74. The van der Waals surface area contributed by atoms with Gasteiger partial charge in [0.1, 0.15) is 0 Å². The van der Waals surface area contributed by atoms with Crippen LogP contribution in [0.2, 0.25) is 4.34 Å². The molecule has 0 aromatic carbocycles. The normalized spacial score (nSPS) is 13.5. The molecule has 1 unspecified atom stereocenters. The van der Waals surface area contributed by atoms with E-state index in [1.165, 1.54) is 4.88 Å². The first-order valence-corrected chi connectivity index (χ1v) is 6.30. The molecule has 80 valence electrons. The maximum atomic E-state index is 5.90. The molecule has 0 aliphatic heterocycles. The molecule has 3 heteroatoms. The third-order valence-electron chi connectivity index (χ3n) is 2.32. The Hall–Kier alpha value is -0.0500. The van der Waals surface area contributed by atoms with Gasteiger partial charge in [-0.05, 0) is 31.0 Å². The summed E-state index contributed by atoms with van der Waals surface area (Å²) in [6.45, 7) is 7.68. The van der Waals surface area contributed by atoms with E-state index >= 15 is 0 Å². The SMILES string of the molecule is CCNC(Cc1ccc(Cl)s1)C(C)C. The Kier molecular flexibility index (Phi) is 4.93. The van der Waals surface area contributed by atoms with Crippen LogP contribution in [0.1, 0.15) is 25.6 Å². The summed E-state index contributed by atoms with van der Waals surface area (Å²) in [5.74, 6) is 0.663. The van der Waals surface area contributed by atoms with Gasteiger partial charge >= 0.3 is 0 Å². The van der Waals surface area contributed by atoms with Crippen LogP contribution in [0.25, 0.3) is 0 Å². The lowest BCUT2D eigenvalue weighted by molar-refractivity contribution is 0.407. The molecule has 1 aromatic heterocycles. The number of thiophene rings is 1. The lowest BCUT2D eigenvalue weighted by atomic mass is 10.0. The van der Waals surface area contributed by atoms with Gasteiger partial charge in [0.25, 0.3) is 0 Å². The number of halogens is 1. The minimum atomic E-state index is 0.565. The Morgan fingerprint density at radius 3 is 2.57 bits per heavy atom. The van der Waals surface area contributed by atoms with Crippen molar-refractivity contribution in [3.05, 3.63) is 21.3 Å². The van der Waals surface area contributed by atoms with Gasteiger partial charge < -0.3 is 5.32 Å². The van der Waals surface area contributed by atoms with Gasteiger partial charge in [0.15, 0.2) is 0 Å². The first-order valence-electron chi connectivity index (χ1n) is 5.11. The van der Waals surface area contributed by atoms with E-state index in [4.69, 9.17) is 11.6 Å². The van der Waals surface area contributed by atoms with Gasteiger partial charge in [-0.2, -0.15) is 0 Å². The summed E-state index contributed by atoms with van der Waals surface area (Å²) in [5.41, 5.74) is 0. The van der Waals surface area contributed by atoms with Crippen molar-refractivity contribution in [2.45, 2.75) is 33.2 Å². The highest BCUT2D eigenvalue weighted by atomic mass is 35.5. The van der Waals surface area contributed by atoms with Crippen LogP contribution in [-0.4, -0.2) is 12.6 Å². The number of hydrogen-bond donors (Lipinski definition) is 1. The Morgan fingerprint density at radius 1 is 1.43 bits per heavy atom. The first-order chi connectivity index (χ1) is 6.63. The summed E-state index contributed by atoms with van der Waals surface area (Å²) in [6, 6.07) is 4.67. The third kappa shape index (κ3) is 3.60. The molecular weight excluding hydrogens is 214 g/mol. The van der Waals surface area contributed by atoms with E-state index in [1.807, 2.05) is 6.07 Å². The van der Waals surface area contributed by atoms with Crippen LogP contribution in [0, 0.1) is 5.92 Å². The van der Waals surface area contributed by atoms with Gasteiger partial charge in [-0.3, -0.25) is 0 Å². The largest absolute Gasteiger partial charge is 0.314 e. The van der Waals surface area contributed by atoms with E-state index in [1.54, 1.807) is 11.3 Å². The van der Waals surface area contributed by atoms with Crippen LogP contribution in [0.3, 0.4) is 0 Å². The van der Waals surface area contributed by atoms with Crippen LogP contribution in [0.5, 0.6) is 0 Å². The number of rotatable bonds is 5. The number of likely N-dealkylation sites (N-methyl/N-ethyl adjacent to an activating group) is 1. The lowest BCUT2D eigenvalue weighted by Gasteiger charge is -2.20. The maximum Gasteiger partial charge on any atom is 0.0931 e. The van der Waals surface area contributed by atoms with E-state index in [-0.39, 0.29) is 0 Å². The fraction of sp³-hybridized carbons (Fsp3) is 0.636. The number of nitrogens with one attached hydrogen (secondary N) is 1. The summed E-state index contributed by atoms with van der Waals surface area (Å²) in [5, 5.41) is 3.50. The fourth-order valence-electron chi connectivity index (χ4n) is 1.48. The molecule has 1 nitrogen and oxygen atoms in total. The molecule has 0 saturated carbocycles. The highest BCUT2D eigenvalue weighted by Crippen LogP contribution is 2.23. The summed E-state index contributed by atoms with van der Waals surface area (Å²) >= 11 is 7.58. The van der Waals surface area contributed by atoms with Crippen LogP contribution in [-0.2, 0) is 6.42 Å². The summed E-state index contributed by atoms with van der Waals surface area (Å²) < 4.78 is 0.888. The Morgan fingerprint density at radius 2 is 2.14 bits per heavy atom. The van der Waals surface area contributed by atoms with Crippen LogP contribution in [0.15, 0.2) is 12.1 Å². The highest BCUT2D eigenvalue weighted by molar-refractivity contribution is 7.16. The molecule has 1 N–H and O–H groups in total. The first kappa shape index (κ1) is 12.0. The zero-order valence-electron chi connectivity index (χ0n) is 9.01. The molecule has 0 fully saturated rings. The highest BCUT2D eigenvalue weighted by Gasteiger charge is 2.13. The van der Waals surface area contributed by atoms with Crippen LogP contribution < -0.4 is 5.32 Å². The van der Waals surface area contributed by atoms with Gasteiger partial charge in [-0.1, -0.05) is 32.4 Å². The quantitative estimate of drug-likeness (QED) is 0.817. The van der Waals surface area contributed by atoms with Crippen molar-refractivity contribution >= 4 is 22.9 Å². The van der Waals surface area contributed by atoms with E-state index in [0.29, 0.717) is 12.0 Å². The predicted octanol–water partition coefficient (Wildman–Crippen LogP) is 3.58. The van der Waals surface area contributed by atoms with Gasteiger partial charge in [0.05, 0.1) is 4.34 Å². The molecule has 0 aliphatic carbocycles. The molecule has 1 rings (SSSR count). The standard InChI is InChI=1S/C11H18ClNS/c1-4-13-10(8(2)3)7-9-5-6-11(12)14-9/h5-6,8,10,13H,4,7H2,1-3H3. The van der Waals surface area contributed by atoms with Crippen molar-refractivity contribution in [2.75, 3.05) is 6.54 Å². The summed E-state index contributed by atoms with van der Waals surface area (Å²) in [6.07, 6.45) is 1.09. The molecule has 0 spiro atoms. The van der Waals surface area contributed by atoms with E-state index in [2.05, 4.69) is 32.2 Å². The van der Waals surface area contributed by atoms with Gasteiger partial charge in [0.2, 0.25) is 0 Å². The second-order valence-corrected chi connectivity index (χ2v) is 5.62. The zero-order valence-corrected chi connectivity index (χ0v) is 10.6. The third-order valence-corrected chi connectivity index (χ3v) is 3.57. The smallest absolute Gasteiger partial charge is 0.0931 e. The summed E-state index contributed by atoms with van der Waals surface area (Å²) in [7, 11) is 0. The molecule has 1 aromatic rings. The van der Waals surface area contributed by atoms with E-state index in [9.17, 15) is 0 Å². The van der Waals surface area contributed by atoms with E-state index in [0.717, 1.165) is 17.3 Å². The van der Waals surface area contributed by atoms with Crippen LogP contribution >= 0.6 is 22.9 Å². The van der Waals surface area contributed by atoms with Gasteiger partial charge in [0, 0.05) is 10.9 Å². The van der Waals surface area contributed by atoms with Gasteiger partial charge in [-0.15, -0.1) is 11.3 Å².